The van der Waals surface area contributed by atoms with Crippen LogP contribution in [0.2, 0.25) is 0 Å². The van der Waals surface area contributed by atoms with E-state index in [1.165, 1.54) is 18.2 Å². The summed E-state index contributed by atoms with van der Waals surface area (Å²) < 4.78 is 49.3. The predicted octanol–water partition coefficient (Wildman–Crippen LogP) is 4.11. The molecule has 2 heterocycles. The molecule has 1 amide bonds. The Kier molecular flexibility index (Phi) is 5.18. The highest BCUT2D eigenvalue weighted by Gasteiger charge is 2.70. The van der Waals surface area contributed by atoms with Gasteiger partial charge in [0.15, 0.2) is 5.72 Å². The first kappa shape index (κ1) is 23.9. The third-order valence-corrected chi connectivity index (χ3v) is 9.43. The van der Waals surface area contributed by atoms with E-state index < -0.39 is 29.5 Å². The second-order valence-electron chi connectivity index (χ2n) is 11.6. The molecule has 6 rings (SSSR count). The van der Waals surface area contributed by atoms with Gasteiger partial charge in [-0.1, -0.05) is 42.8 Å². The molecule has 3 aliphatic carbocycles. The van der Waals surface area contributed by atoms with Crippen LogP contribution in [0.1, 0.15) is 37.7 Å². The van der Waals surface area contributed by atoms with Crippen molar-refractivity contribution in [2.24, 2.45) is 11.3 Å². The number of aliphatic hydroxyl groups is 1. The molecule has 2 unspecified atom stereocenters. The molecular formula is C28H32F3N2O3+. The number of nitrogens with one attached hydrogen (secondary N) is 1. The highest BCUT2D eigenvalue weighted by Crippen LogP contribution is 2.66. The number of benzene rings is 1. The molecular weight excluding hydrogens is 469 g/mol. The Hall–Kier alpha value is -2.42. The van der Waals surface area contributed by atoms with Gasteiger partial charge in [0.25, 0.3) is 5.91 Å². The topological polar surface area (TPSA) is 58.6 Å². The van der Waals surface area contributed by atoms with Crippen LogP contribution in [0, 0.1) is 11.3 Å². The van der Waals surface area contributed by atoms with Crippen molar-refractivity contribution in [3.8, 4) is 0 Å². The van der Waals surface area contributed by atoms with Gasteiger partial charge in [0, 0.05) is 24.2 Å². The number of allylic oxidation sites excluding steroid dienone is 1. The highest BCUT2D eigenvalue weighted by atomic mass is 19.4. The molecule has 5 nitrogen and oxygen atoms in total. The molecule has 1 aromatic rings. The van der Waals surface area contributed by atoms with E-state index in [-0.39, 0.29) is 17.1 Å². The summed E-state index contributed by atoms with van der Waals surface area (Å²) in [7, 11) is 4.56. The predicted molar refractivity (Wildman–Crippen MR) is 128 cm³/mol. The number of alkyl halides is 3. The summed E-state index contributed by atoms with van der Waals surface area (Å²) in [6.45, 7) is 0.983. The number of rotatable bonds is 3. The van der Waals surface area contributed by atoms with Crippen LogP contribution in [0.3, 0.4) is 0 Å². The second-order valence-corrected chi connectivity index (χ2v) is 11.6. The van der Waals surface area contributed by atoms with Crippen LogP contribution >= 0.6 is 0 Å². The number of quaternary nitrogens is 1. The van der Waals surface area contributed by atoms with Crippen LogP contribution < -0.4 is 5.32 Å². The molecule has 2 N–H and O–H groups in total. The third-order valence-electron chi connectivity index (χ3n) is 9.43. The number of nitrogens with zero attached hydrogens (tertiary/aromatic N) is 1. The molecule has 1 saturated carbocycles. The van der Waals surface area contributed by atoms with Crippen molar-refractivity contribution in [1.29, 1.82) is 0 Å². The summed E-state index contributed by atoms with van der Waals surface area (Å²) in [6.07, 6.45) is 2.92. The summed E-state index contributed by atoms with van der Waals surface area (Å²) in [4.78, 5) is 13.1. The Bertz CT molecular complexity index is 1190. The molecule has 1 aromatic carbocycles. The SMILES string of the molecule is C[N+]1(C)CC[C@]23C4=C5C=CC(O)(NC(=O)C(=Cc6ccccc6)C(F)(F)F)C4O[C@H]2CCC[C@H]3[C@H]1C5. The van der Waals surface area contributed by atoms with Crippen molar-refractivity contribution >= 4 is 12.0 Å². The fraction of sp³-hybridized carbons (Fsp3) is 0.536. The summed E-state index contributed by atoms with van der Waals surface area (Å²) in [5.41, 5.74) is -1.25. The zero-order chi connectivity index (χ0) is 25.5. The average Bonchev–Trinajstić information content (AvgIpc) is 3.17. The fourth-order valence-corrected chi connectivity index (χ4v) is 7.80. The minimum absolute atomic E-state index is 0.0976. The molecule has 36 heavy (non-hydrogen) atoms. The molecule has 1 spiro atoms. The first-order valence-corrected chi connectivity index (χ1v) is 12.8. The zero-order valence-corrected chi connectivity index (χ0v) is 20.5. The Labute approximate surface area is 208 Å². The Morgan fingerprint density at radius 3 is 2.69 bits per heavy atom. The van der Waals surface area contributed by atoms with E-state index in [1.54, 1.807) is 18.2 Å². The van der Waals surface area contributed by atoms with E-state index in [2.05, 4.69) is 19.4 Å². The maximum absolute atomic E-state index is 13.9. The maximum Gasteiger partial charge on any atom is 0.421 e. The van der Waals surface area contributed by atoms with Crippen molar-refractivity contribution in [1.82, 2.24) is 5.32 Å². The molecule has 6 atom stereocenters. The number of hydrogen-bond acceptors (Lipinski definition) is 3. The fourth-order valence-electron chi connectivity index (χ4n) is 7.80. The van der Waals surface area contributed by atoms with Gasteiger partial charge in [-0.15, -0.1) is 0 Å². The standard InChI is InChI=1S/C28H31F3N2O3/c1-33(2)14-13-26-19-9-6-10-22(26)36-24-23(26)18(16-21(19)33)11-12-27(24,35)32-25(34)20(28(29,30)31)15-17-7-4-3-5-8-17/h3-5,7-8,11-12,15,19,21-22,24,35H,6,9-10,13-14,16H2,1-2H3/p+1/t19-,21+,22-,24?,26+,27?/m0/s1. The number of likely N-dealkylation sites (tertiary alicyclic amines) is 1. The van der Waals surface area contributed by atoms with Crippen molar-refractivity contribution in [3.63, 3.8) is 0 Å². The monoisotopic (exact) mass is 501 g/mol. The van der Waals surface area contributed by atoms with Crippen molar-refractivity contribution in [2.45, 2.75) is 62.3 Å². The molecule has 0 aromatic heterocycles. The van der Waals surface area contributed by atoms with E-state index in [0.29, 0.717) is 12.0 Å². The second kappa shape index (κ2) is 7.79. The quantitative estimate of drug-likeness (QED) is 0.372. The lowest BCUT2D eigenvalue weighted by Gasteiger charge is -2.60. The highest BCUT2D eigenvalue weighted by molar-refractivity contribution is 5.99. The summed E-state index contributed by atoms with van der Waals surface area (Å²) in [5.74, 6) is -0.968. The van der Waals surface area contributed by atoms with Gasteiger partial charge in [-0.25, -0.2) is 0 Å². The minimum atomic E-state index is -4.89. The molecule has 2 saturated heterocycles. The number of piperidine rings is 1. The number of amides is 1. The van der Waals surface area contributed by atoms with E-state index in [0.717, 1.165) is 60.4 Å². The van der Waals surface area contributed by atoms with Gasteiger partial charge >= 0.3 is 6.18 Å². The smallest absolute Gasteiger partial charge is 0.365 e. The number of halogens is 3. The van der Waals surface area contributed by atoms with Crippen LogP contribution in [0.5, 0.6) is 0 Å². The lowest BCUT2D eigenvalue weighted by molar-refractivity contribution is -0.928. The van der Waals surface area contributed by atoms with Crippen molar-refractivity contribution in [2.75, 3.05) is 20.6 Å². The summed E-state index contributed by atoms with van der Waals surface area (Å²) in [5, 5.41) is 14.0. The molecule has 2 bridgehead atoms. The van der Waals surface area contributed by atoms with Crippen LogP contribution in [0.4, 0.5) is 13.2 Å². The average molecular weight is 502 g/mol. The minimum Gasteiger partial charge on any atom is -0.365 e. The Morgan fingerprint density at radius 1 is 1.22 bits per heavy atom. The number of hydrogen-bond donors (Lipinski definition) is 2. The van der Waals surface area contributed by atoms with Gasteiger partial charge < -0.3 is 19.6 Å². The van der Waals surface area contributed by atoms with Gasteiger partial charge in [0.1, 0.15) is 11.7 Å². The lowest BCUT2D eigenvalue weighted by Crippen LogP contribution is -2.67. The number of carbonyl (C=O) groups is 1. The zero-order valence-electron chi connectivity index (χ0n) is 20.5. The maximum atomic E-state index is 13.9. The Morgan fingerprint density at radius 2 is 1.97 bits per heavy atom. The third kappa shape index (κ3) is 3.37. The van der Waals surface area contributed by atoms with Crippen LogP contribution in [0.25, 0.3) is 6.08 Å². The first-order chi connectivity index (χ1) is 17.0. The molecule has 8 heteroatoms. The van der Waals surface area contributed by atoms with E-state index >= 15 is 0 Å². The van der Waals surface area contributed by atoms with Gasteiger partial charge in [-0.3, -0.25) is 4.79 Å². The molecule has 5 aliphatic rings. The molecule has 192 valence electrons. The van der Waals surface area contributed by atoms with Crippen LogP contribution in [-0.2, 0) is 9.53 Å². The van der Waals surface area contributed by atoms with Gasteiger partial charge in [-0.05, 0) is 41.7 Å². The van der Waals surface area contributed by atoms with E-state index in [9.17, 15) is 23.1 Å². The van der Waals surface area contributed by atoms with E-state index in [1.807, 2.05) is 6.08 Å². The van der Waals surface area contributed by atoms with Crippen molar-refractivity contribution in [3.05, 3.63) is 64.8 Å². The molecule has 3 fully saturated rings. The van der Waals surface area contributed by atoms with Crippen LogP contribution in [0.15, 0.2) is 59.2 Å². The number of ether oxygens (including phenoxy) is 1. The molecule has 0 radical (unpaired) electrons. The lowest BCUT2D eigenvalue weighted by atomic mass is 9.50. The Balaban J connectivity index is 1.37. The number of carbonyl (C=O) groups excluding carboxylic acids is 1. The van der Waals surface area contributed by atoms with Gasteiger partial charge in [0.2, 0.25) is 0 Å². The van der Waals surface area contributed by atoms with Crippen LogP contribution in [-0.4, -0.2) is 66.3 Å². The summed E-state index contributed by atoms with van der Waals surface area (Å²) >= 11 is 0. The summed E-state index contributed by atoms with van der Waals surface area (Å²) in [6, 6.07) is 8.34. The van der Waals surface area contributed by atoms with Crippen molar-refractivity contribution < 1.29 is 32.3 Å². The van der Waals surface area contributed by atoms with Gasteiger partial charge in [0.05, 0.1) is 32.8 Å². The van der Waals surface area contributed by atoms with E-state index in [4.69, 9.17) is 4.74 Å². The normalized spacial score (nSPS) is 38.6. The van der Waals surface area contributed by atoms with Gasteiger partial charge in [-0.2, -0.15) is 13.2 Å². The first-order valence-electron chi connectivity index (χ1n) is 12.8. The largest absolute Gasteiger partial charge is 0.421 e. The molecule has 2 aliphatic heterocycles.